The van der Waals surface area contributed by atoms with Gasteiger partial charge in [-0.25, -0.2) is 14.4 Å². The molecule has 0 bridgehead atoms. The minimum Gasteiger partial charge on any atom is -0.488 e. The molecule has 0 saturated heterocycles. The second-order valence-corrected chi connectivity index (χ2v) is 6.26. The Morgan fingerprint density at radius 3 is 2.78 bits per heavy atom. The molecule has 1 aromatic carbocycles. The number of anilines is 2. The number of aryl methyl sites for hydroxylation is 2. The van der Waals surface area contributed by atoms with Crippen LogP contribution in [0, 0.1) is 12.7 Å². The largest absolute Gasteiger partial charge is 0.488 e. The average Bonchev–Trinajstić information content (AvgIpc) is 3.06. The maximum absolute atomic E-state index is 14.4. The molecule has 0 aliphatic rings. The Balaban J connectivity index is 1.82. The molecule has 0 amide bonds. The molecule has 8 heteroatoms. The molecule has 1 atom stereocenters. The number of halogens is 1. The van der Waals surface area contributed by atoms with Gasteiger partial charge in [0.05, 0.1) is 23.7 Å². The lowest BCUT2D eigenvalue weighted by Crippen LogP contribution is -2.16. The number of hydrogen-bond acceptors (Lipinski definition) is 6. The highest BCUT2D eigenvalue weighted by Crippen LogP contribution is 2.27. The third kappa shape index (κ3) is 4.59. The third-order valence-corrected chi connectivity index (χ3v) is 4.01. The van der Waals surface area contributed by atoms with Crippen LogP contribution in [0.2, 0.25) is 0 Å². The molecule has 3 rings (SSSR count). The molecule has 27 heavy (non-hydrogen) atoms. The van der Waals surface area contributed by atoms with Crippen molar-refractivity contribution in [3.05, 3.63) is 48.2 Å². The summed E-state index contributed by atoms with van der Waals surface area (Å²) < 4.78 is 26.7. The van der Waals surface area contributed by atoms with E-state index in [0.29, 0.717) is 17.2 Å². The summed E-state index contributed by atoms with van der Waals surface area (Å²) in [6.45, 7) is 4.01. The van der Waals surface area contributed by atoms with Gasteiger partial charge in [-0.15, -0.1) is 0 Å². The van der Waals surface area contributed by atoms with Crippen molar-refractivity contribution in [2.75, 3.05) is 19.0 Å². The molecule has 0 spiro atoms. The first-order valence-electron chi connectivity index (χ1n) is 8.51. The number of rotatable bonds is 7. The molecular formula is C19H22FN5O2. The smallest absolute Gasteiger partial charge is 0.227 e. The highest BCUT2D eigenvalue weighted by molar-refractivity contribution is 5.65. The molecule has 7 nitrogen and oxygen atoms in total. The second-order valence-electron chi connectivity index (χ2n) is 6.26. The zero-order valence-corrected chi connectivity index (χ0v) is 15.7. The van der Waals surface area contributed by atoms with E-state index in [1.807, 2.05) is 27.1 Å². The Bertz CT molecular complexity index is 928. The molecule has 0 radical (unpaired) electrons. The van der Waals surface area contributed by atoms with E-state index < -0.39 is 5.82 Å². The minimum absolute atomic E-state index is 0.116. The molecule has 0 aliphatic carbocycles. The molecule has 3 aromatic rings. The molecule has 1 N–H and O–H groups in total. The fourth-order valence-electron chi connectivity index (χ4n) is 2.45. The highest BCUT2D eigenvalue weighted by Gasteiger charge is 2.12. The van der Waals surface area contributed by atoms with Crippen molar-refractivity contribution >= 4 is 11.6 Å². The normalized spacial score (nSPS) is 12.0. The van der Waals surface area contributed by atoms with Gasteiger partial charge in [-0.1, -0.05) is 0 Å². The fourth-order valence-corrected chi connectivity index (χ4v) is 2.45. The highest BCUT2D eigenvalue weighted by atomic mass is 19.1. The number of ether oxygens (including phenoxy) is 2. The zero-order valence-electron chi connectivity index (χ0n) is 15.7. The lowest BCUT2D eigenvalue weighted by Gasteiger charge is -2.13. The van der Waals surface area contributed by atoms with Crippen LogP contribution < -0.4 is 10.1 Å². The van der Waals surface area contributed by atoms with Crippen LogP contribution in [0.15, 0.2) is 36.8 Å². The van der Waals surface area contributed by atoms with Crippen molar-refractivity contribution in [3.8, 4) is 17.0 Å². The molecule has 2 aromatic heterocycles. The maximum Gasteiger partial charge on any atom is 0.227 e. The van der Waals surface area contributed by atoms with E-state index in [9.17, 15) is 4.39 Å². The first kappa shape index (κ1) is 18.8. The Labute approximate surface area is 157 Å². The van der Waals surface area contributed by atoms with Crippen LogP contribution in [-0.2, 0) is 11.8 Å². The monoisotopic (exact) mass is 371 g/mol. The van der Waals surface area contributed by atoms with Crippen molar-refractivity contribution < 1.29 is 13.9 Å². The van der Waals surface area contributed by atoms with Gasteiger partial charge in [-0.3, -0.25) is 4.68 Å². The van der Waals surface area contributed by atoms with Crippen LogP contribution in [0.4, 0.5) is 16.0 Å². The van der Waals surface area contributed by atoms with E-state index in [2.05, 4.69) is 20.4 Å². The van der Waals surface area contributed by atoms with Crippen molar-refractivity contribution in [2.45, 2.75) is 20.0 Å². The Morgan fingerprint density at radius 1 is 1.30 bits per heavy atom. The summed E-state index contributed by atoms with van der Waals surface area (Å²) in [4.78, 5) is 8.79. The van der Waals surface area contributed by atoms with Crippen LogP contribution >= 0.6 is 0 Å². The lowest BCUT2D eigenvalue weighted by atomic mass is 10.1. The van der Waals surface area contributed by atoms with Gasteiger partial charge < -0.3 is 14.8 Å². The van der Waals surface area contributed by atoms with Gasteiger partial charge in [0.15, 0.2) is 11.6 Å². The van der Waals surface area contributed by atoms with Crippen molar-refractivity contribution in [1.29, 1.82) is 0 Å². The summed E-state index contributed by atoms with van der Waals surface area (Å²) in [7, 11) is 3.41. The van der Waals surface area contributed by atoms with E-state index in [4.69, 9.17) is 9.47 Å². The van der Waals surface area contributed by atoms with Gasteiger partial charge in [0.25, 0.3) is 0 Å². The number of aromatic nitrogens is 4. The quantitative estimate of drug-likeness (QED) is 0.685. The molecule has 0 fully saturated rings. The SMILES string of the molecule is COC(C)COc1ccc(-c2nc(Nc3cnn(C)c3)ncc2C)cc1F. The summed E-state index contributed by atoms with van der Waals surface area (Å²) in [6, 6.07) is 4.79. The summed E-state index contributed by atoms with van der Waals surface area (Å²) >= 11 is 0. The van der Waals surface area contributed by atoms with Gasteiger partial charge in [0.2, 0.25) is 5.95 Å². The van der Waals surface area contributed by atoms with Crippen molar-refractivity contribution in [3.63, 3.8) is 0 Å². The van der Waals surface area contributed by atoms with Crippen molar-refractivity contribution in [1.82, 2.24) is 19.7 Å². The maximum atomic E-state index is 14.4. The van der Waals surface area contributed by atoms with Gasteiger partial charge in [0.1, 0.15) is 6.61 Å². The number of nitrogens with one attached hydrogen (secondary N) is 1. The van der Waals surface area contributed by atoms with Gasteiger partial charge in [0, 0.05) is 32.1 Å². The van der Waals surface area contributed by atoms with Crippen LogP contribution in [-0.4, -0.2) is 39.6 Å². The standard InChI is InChI=1S/C19H22FN5O2/c1-12-8-21-19(23-15-9-22-25(3)10-15)24-18(12)14-5-6-17(16(20)7-14)27-11-13(2)26-4/h5-10,13H,11H2,1-4H3,(H,21,23,24). The molecule has 142 valence electrons. The summed E-state index contributed by atoms with van der Waals surface area (Å²) in [6.07, 6.45) is 5.07. The van der Waals surface area contributed by atoms with Gasteiger partial charge in [-0.2, -0.15) is 5.10 Å². The third-order valence-electron chi connectivity index (χ3n) is 4.01. The summed E-state index contributed by atoms with van der Waals surface area (Å²) in [5, 5.41) is 7.18. The zero-order chi connectivity index (χ0) is 19.4. The Kier molecular flexibility index (Phi) is 5.66. The van der Waals surface area contributed by atoms with Crippen LogP contribution in [0.3, 0.4) is 0 Å². The van der Waals surface area contributed by atoms with Crippen LogP contribution in [0.25, 0.3) is 11.3 Å². The van der Waals surface area contributed by atoms with Crippen LogP contribution in [0.5, 0.6) is 5.75 Å². The lowest BCUT2D eigenvalue weighted by molar-refractivity contribution is 0.0702. The van der Waals surface area contributed by atoms with E-state index in [-0.39, 0.29) is 18.5 Å². The van der Waals surface area contributed by atoms with Crippen molar-refractivity contribution in [2.24, 2.45) is 7.05 Å². The molecular weight excluding hydrogens is 349 g/mol. The van der Waals surface area contributed by atoms with Gasteiger partial charge in [-0.05, 0) is 37.6 Å². The molecule has 0 aliphatic heterocycles. The van der Waals surface area contributed by atoms with E-state index >= 15 is 0 Å². The predicted molar refractivity (Wildman–Crippen MR) is 101 cm³/mol. The van der Waals surface area contributed by atoms with E-state index in [1.165, 1.54) is 6.07 Å². The van der Waals surface area contributed by atoms with E-state index in [0.717, 1.165) is 11.3 Å². The van der Waals surface area contributed by atoms with E-state index in [1.54, 1.807) is 36.3 Å². The minimum atomic E-state index is -0.449. The Hall–Kier alpha value is -3.00. The summed E-state index contributed by atoms with van der Waals surface area (Å²) in [5.74, 6) is 0.150. The number of methoxy groups -OCH3 is 1. The fraction of sp³-hybridized carbons (Fsp3) is 0.316. The molecule has 1 unspecified atom stereocenters. The van der Waals surface area contributed by atoms with Gasteiger partial charge >= 0.3 is 0 Å². The topological polar surface area (TPSA) is 74.1 Å². The molecule has 0 saturated carbocycles. The first-order valence-corrected chi connectivity index (χ1v) is 8.51. The number of hydrogen-bond donors (Lipinski definition) is 1. The first-order chi connectivity index (χ1) is 13.0. The predicted octanol–water partition coefficient (Wildman–Crippen LogP) is 3.48. The number of nitrogens with zero attached hydrogens (tertiary/aromatic N) is 4. The summed E-state index contributed by atoms with van der Waals surface area (Å²) in [5.41, 5.74) is 2.91. The van der Waals surface area contributed by atoms with Crippen LogP contribution in [0.1, 0.15) is 12.5 Å². The number of benzene rings is 1. The second kappa shape index (κ2) is 8.13. The molecule has 2 heterocycles. The Morgan fingerprint density at radius 2 is 2.11 bits per heavy atom. The average molecular weight is 371 g/mol.